The number of nitrogens with zero attached hydrogens (tertiary/aromatic N) is 4. The molecule has 7 nitrogen and oxygen atoms in total. The molecule has 0 atom stereocenters. The Morgan fingerprint density at radius 2 is 2.12 bits per heavy atom. The second kappa shape index (κ2) is 8.67. The average molecular weight is 440 g/mol. The number of fused-ring (bicyclic) bond motifs is 1. The quantitative estimate of drug-likeness (QED) is 0.362. The predicted molar refractivity (Wildman–Crippen MR) is 104 cm³/mol. The van der Waals surface area contributed by atoms with Gasteiger partial charge in [-0.15, -0.1) is 24.0 Å². The fraction of sp³-hybridized carbons (Fsp3) is 0.312. The standard InChI is InChI=1S/C16H20N6O.HI/c1-3-17-16(19-10-15-20-11-21-22(15)2)18-9-13-8-12-6-4-5-7-14(12)23-13;/h4-8,11H,3,9-10H2,1-2H3,(H2,17,18,19);1H. The maximum absolute atomic E-state index is 5.79. The molecule has 0 spiro atoms. The highest BCUT2D eigenvalue weighted by Gasteiger charge is 2.05. The second-order valence-corrected chi connectivity index (χ2v) is 5.10. The summed E-state index contributed by atoms with van der Waals surface area (Å²) in [4.78, 5) is 8.68. The van der Waals surface area contributed by atoms with Gasteiger partial charge in [0.25, 0.3) is 0 Å². The lowest BCUT2D eigenvalue weighted by atomic mass is 10.2. The first kappa shape index (κ1) is 18.2. The third kappa shape index (κ3) is 4.47. The molecule has 3 rings (SSSR count). The van der Waals surface area contributed by atoms with Crippen molar-refractivity contribution in [3.05, 3.63) is 48.2 Å². The Bertz CT molecular complexity index is 777. The summed E-state index contributed by atoms with van der Waals surface area (Å²) in [7, 11) is 1.85. The summed E-state index contributed by atoms with van der Waals surface area (Å²) in [5.41, 5.74) is 0.894. The van der Waals surface area contributed by atoms with Gasteiger partial charge >= 0.3 is 0 Å². The van der Waals surface area contributed by atoms with Crippen molar-refractivity contribution in [3.63, 3.8) is 0 Å². The minimum absolute atomic E-state index is 0. The Hall–Kier alpha value is -2.10. The van der Waals surface area contributed by atoms with Crippen molar-refractivity contribution in [2.24, 2.45) is 12.0 Å². The van der Waals surface area contributed by atoms with Crippen molar-refractivity contribution in [1.82, 2.24) is 25.4 Å². The van der Waals surface area contributed by atoms with Gasteiger partial charge in [-0.2, -0.15) is 5.10 Å². The molecule has 0 aliphatic rings. The third-order valence-corrected chi connectivity index (χ3v) is 3.43. The molecule has 8 heteroatoms. The highest BCUT2D eigenvalue weighted by Crippen LogP contribution is 2.18. The van der Waals surface area contributed by atoms with E-state index in [0.29, 0.717) is 13.1 Å². The molecule has 3 aromatic rings. The van der Waals surface area contributed by atoms with Crippen LogP contribution in [0.15, 0.2) is 46.1 Å². The number of furan rings is 1. The number of aliphatic imine (C=N–C) groups is 1. The maximum Gasteiger partial charge on any atom is 0.192 e. The molecule has 2 N–H and O–H groups in total. The number of hydrogen-bond acceptors (Lipinski definition) is 4. The van der Waals surface area contributed by atoms with Gasteiger partial charge in [0.05, 0.1) is 6.54 Å². The van der Waals surface area contributed by atoms with E-state index in [1.165, 1.54) is 6.33 Å². The molecule has 0 saturated carbocycles. The van der Waals surface area contributed by atoms with Crippen LogP contribution >= 0.6 is 24.0 Å². The molecule has 0 aliphatic carbocycles. The molecule has 0 bridgehead atoms. The molecular formula is C16H21IN6O. The number of hydrogen-bond donors (Lipinski definition) is 2. The molecule has 1 aromatic carbocycles. The SMILES string of the molecule is CCNC(=NCc1ncnn1C)NCc1cc2ccccc2o1.I. The van der Waals surface area contributed by atoms with Crippen molar-refractivity contribution in [2.75, 3.05) is 6.54 Å². The van der Waals surface area contributed by atoms with Gasteiger partial charge in [-0.1, -0.05) is 18.2 Å². The summed E-state index contributed by atoms with van der Waals surface area (Å²) in [6.07, 6.45) is 1.53. The number of guanidine groups is 1. The van der Waals surface area contributed by atoms with E-state index < -0.39 is 0 Å². The fourth-order valence-corrected chi connectivity index (χ4v) is 2.25. The van der Waals surface area contributed by atoms with Crippen LogP contribution in [-0.4, -0.2) is 27.3 Å². The average Bonchev–Trinajstić information content (AvgIpc) is 3.15. The summed E-state index contributed by atoms with van der Waals surface area (Å²) < 4.78 is 7.51. The van der Waals surface area contributed by atoms with E-state index in [9.17, 15) is 0 Å². The lowest BCUT2D eigenvalue weighted by molar-refractivity contribution is 0.538. The smallest absolute Gasteiger partial charge is 0.192 e. The predicted octanol–water partition coefficient (Wildman–Crippen LogP) is 2.43. The zero-order valence-electron chi connectivity index (χ0n) is 13.7. The van der Waals surface area contributed by atoms with Crippen LogP contribution in [0.5, 0.6) is 0 Å². The zero-order valence-corrected chi connectivity index (χ0v) is 16.0. The van der Waals surface area contributed by atoms with Crippen LogP contribution in [0.25, 0.3) is 11.0 Å². The van der Waals surface area contributed by atoms with Crippen LogP contribution in [0, 0.1) is 0 Å². The van der Waals surface area contributed by atoms with Crippen molar-refractivity contribution in [3.8, 4) is 0 Å². The highest BCUT2D eigenvalue weighted by molar-refractivity contribution is 14.0. The maximum atomic E-state index is 5.79. The second-order valence-electron chi connectivity index (χ2n) is 5.10. The normalized spacial score (nSPS) is 11.3. The molecule has 2 heterocycles. The van der Waals surface area contributed by atoms with E-state index in [1.807, 2.05) is 44.3 Å². The van der Waals surface area contributed by atoms with Crippen LogP contribution < -0.4 is 10.6 Å². The lowest BCUT2D eigenvalue weighted by Gasteiger charge is -2.09. The Labute approximate surface area is 157 Å². The zero-order chi connectivity index (χ0) is 16.1. The van der Waals surface area contributed by atoms with Crippen LogP contribution in [0.3, 0.4) is 0 Å². The van der Waals surface area contributed by atoms with Crippen LogP contribution in [0.1, 0.15) is 18.5 Å². The van der Waals surface area contributed by atoms with Gasteiger partial charge in [-0.25, -0.2) is 9.98 Å². The van der Waals surface area contributed by atoms with Gasteiger partial charge in [-0.05, 0) is 19.1 Å². The van der Waals surface area contributed by atoms with Crippen molar-refractivity contribution >= 4 is 40.9 Å². The number of rotatable bonds is 5. The van der Waals surface area contributed by atoms with E-state index in [-0.39, 0.29) is 24.0 Å². The van der Waals surface area contributed by atoms with Crippen LogP contribution in [0.2, 0.25) is 0 Å². The van der Waals surface area contributed by atoms with Gasteiger partial charge in [0.15, 0.2) is 5.96 Å². The molecule has 0 amide bonds. The van der Waals surface area contributed by atoms with Gasteiger partial charge in [-0.3, -0.25) is 4.68 Å². The van der Waals surface area contributed by atoms with E-state index in [4.69, 9.17) is 4.42 Å². The van der Waals surface area contributed by atoms with Gasteiger partial charge < -0.3 is 15.1 Å². The first-order valence-corrected chi connectivity index (χ1v) is 7.58. The summed E-state index contributed by atoms with van der Waals surface area (Å²) in [6, 6.07) is 10.0. The molecule has 24 heavy (non-hydrogen) atoms. The Morgan fingerprint density at radius 1 is 1.29 bits per heavy atom. The molecule has 0 aliphatic heterocycles. The molecular weight excluding hydrogens is 419 g/mol. The number of aryl methyl sites for hydroxylation is 1. The van der Waals surface area contributed by atoms with Crippen LogP contribution in [0.4, 0.5) is 0 Å². The number of nitrogens with one attached hydrogen (secondary N) is 2. The molecule has 0 radical (unpaired) electrons. The molecule has 0 fully saturated rings. The lowest BCUT2D eigenvalue weighted by Crippen LogP contribution is -2.36. The Balaban J connectivity index is 0.00000208. The van der Waals surface area contributed by atoms with E-state index >= 15 is 0 Å². The molecule has 128 valence electrons. The number of para-hydroxylation sites is 1. The Kier molecular flexibility index (Phi) is 6.59. The van der Waals surface area contributed by atoms with Gasteiger partial charge in [0, 0.05) is 19.0 Å². The molecule has 0 unspecified atom stereocenters. The molecule has 0 saturated heterocycles. The summed E-state index contributed by atoms with van der Waals surface area (Å²) in [6.45, 7) is 3.84. The third-order valence-electron chi connectivity index (χ3n) is 3.43. The van der Waals surface area contributed by atoms with E-state index in [1.54, 1.807) is 4.68 Å². The van der Waals surface area contributed by atoms with E-state index in [2.05, 4.69) is 25.7 Å². The highest BCUT2D eigenvalue weighted by atomic mass is 127. The number of aromatic nitrogens is 3. The van der Waals surface area contributed by atoms with Crippen molar-refractivity contribution in [1.29, 1.82) is 0 Å². The van der Waals surface area contributed by atoms with Crippen molar-refractivity contribution < 1.29 is 4.42 Å². The fourth-order valence-electron chi connectivity index (χ4n) is 2.25. The Morgan fingerprint density at radius 3 is 2.83 bits per heavy atom. The van der Waals surface area contributed by atoms with Crippen molar-refractivity contribution in [2.45, 2.75) is 20.0 Å². The molecule has 2 aromatic heterocycles. The number of halogens is 1. The van der Waals surface area contributed by atoms with Gasteiger partial charge in [0.2, 0.25) is 0 Å². The first-order valence-electron chi connectivity index (χ1n) is 7.58. The largest absolute Gasteiger partial charge is 0.459 e. The monoisotopic (exact) mass is 440 g/mol. The topological polar surface area (TPSA) is 80.3 Å². The summed E-state index contributed by atoms with van der Waals surface area (Å²) in [5, 5.41) is 11.6. The summed E-state index contributed by atoms with van der Waals surface area (Å²) in [5.74, 6) is 2.40. The minimum atomic E-state index is 0. The number of benzene rings is 1. The van der Waals surface area contributed by atoms with E-state index in [0.717, 1.165) is 35.1 Å². The van der Waals surface area contributed by atoms with Gasteiger partial charge in [0.1, 0.15) is 30.0 Å². The van der Waals surface area contributed by atoms with Crippen LogP contribution in [-0.2, 0) is 20.1 Å². The summed E-state index contributed by atoms with van der Waals surface area (Å²) >= 11 is 0. The minimum Gasteiger partial charge on any atom is -0.459 e. The first-order chi connectivity index (χ1) is 11.3.